The molecule has 0 saturated carbocycles. The number of nitro benzene ring substituents is 2. The molecule has 0 aromatic heterocycles. The minimum absolute atomic E-state index is 0.142. The SMILES string of the molecule is CCCCCCC(C)=NNc1ccc([N+](=O)[O-])cc1[N+](=O)[O-]. The van der Waals surface area contributed by atoms with Crippen LogP contribution in [0.4, 0.5) is 17.1 Å². The third-order valence-electron chi connectivity index (χ3n) is 3.15. The van der Waals surface area contributed by atoms with Crippen molar-refractivity contribution in [1.29, 1.82) is 0 Å². The van der Waals surface area contributed by atoms with Crippen LogP contribution in [0.2, 0.25) is 0 Å². The summed E-state index contributed by atoms with van der Waals surface area (Å²) in [5.74, 6) is 0. The van der Waals surface area contributed by atoms with Crippen molar-refractivity contribution in [1.82, 2.24) is 0 Å². The summed E-state index contributed by atoms with van der Waals surface area (Å²) in [5.41, 5.74) is 2.92. The molecule has 0 heterocycles. The van der Waals surface area contributed by atoms with Crippen molar-refractivity contribution >= 4 is 22.8 Å². The summed E-state index contributed by atoms with van der Waals surface area (Å²) in [4.78, 5) is 20.3. The molecule has 0 aliphatic carbocycles. The highest BCUT2D eigenvalue weighted by atomic mass is 16.6. The molecule has 8 nitrogen and oxygen atoms in total. The normalized spacial score (nSPS) is 11.3. The van der Waals surface area contributed by atoms with E-state index in [0.29, 0.717) is 0 Å². The lowest BCUT2D eigenvalue weighted by Crippen LogP contribution is -2.01. The predicted molar refractivity (Wildman–Crippen MR) is 85.2 cm³/mol. The van der Waals surface area contributed by atoms with Crippen LogP contribution in [0.25, 0.3) is 0 Å². The third-order valence-corrected chi connectivity index (χ3v) is 3.15. The zero-order chi connectivity index (χ0) is 16.5. The number of non-ortho nitro benzene ring substituents is 1. The molecule has 1 aromatic carbocycles. The molecule has 1 rings (SSSR count). The molecule has 0 aliphatic heterocycles. The van der Waals surface area contributed by atoms with Gasteiger partial charge >= 0.3 is 5.69 Å². The highest BCUT2D eigenvalue weighted by molar-refractivity contribution is 5.83. The zero-order valence-corrected chi connectivity index (χ0v) is 12.7. The van der Waals surface area contributed by atoms with E-state index in [2.05, 4.69) is 17.5 Å². The number of nitrogens with zero attached hydrogens (tertiary/aromatic N) is 3. The lowest BCUT2D eigenvalue weighted by molar-refractivity contribution is -0.393. The molecular formula is C14H20N4O4. The first kappa shape index (κ1) is 17.5. The summed E-state index contributed by atoms with van der Waals surface area (Å²) >= 11 is 0. The minimum atomic E-state index is -0.668. The van der Waals surface area contributed by atoms with Gasteiger partial charge in [0.25, 0.3) is 5.69 Å². The molecule has 0 radical (unpaired) electrons. The molecule has 0 bridgehead atoms. The number of anilines is 1. The quantitative estimate of drug-likeness (QED) is 0.317. The van der Waals surface area contributed by atoms with E-state index >= 15 is 0 Å². The molecule has 1 N–H and O–H groups in total. The van der Waals surface area contributed by atoms with Crippen LogP contribution < -0.4 is 5.43 Å². The highest BCUT2D eigenvalue weighted by Crippen LogP contribution is 2.28. The third kappa shape index (κ3) is 5.47. The molecule has 1 aromatic rings. The topological polar surface area (TPSA) is 111 Å². The maximum absolute atomic E-state index is 11.0. The van der Waals surface area contributed by atoms with Crippen molar-refractivity contribution in [2.24, 2.45) is 5.10 Å². The molecule has 8 heteroatoms. The van der Waals surface area contributed by atoms with Crippen LogP contribution in [0.1, 0.15) is 46.0 Å². The Morgan fingerprint density at radius 2 is 1.91 bits per heavy atom. The van der Waals surface area contributed by atoms with Crippen molar-refractivity contribution in [2.45, 2.75) is 46.0 Å². The highest BCUT2D eigenvalue weighted by Gasteiger charge is 2.19. The van der Waals surface area contributed by atoms with Gasteiger partial charge in [0, 0.05) is 11.8 Å². The standard InChI is InChI=1S/C14H20N4O4/c1-3-4-5-6-7-11(2)15-16-13-9-8-12(17(19)20)10-14(13)18(21)22/h8-10,16H,3-7H2,1-2H3. The second kappa shape index (κ2) is 8.71. The van der Waals surface area contributed by atoms with Gasteiger partial charge in [0.1, 0.15) is 5.69 Å². The van der Waals surface area contributed by atoms with Crippen molar-refractivity contribution in [3.8, 4) is 0 Å². The Balaban J connectivity index is 2.76. The van der Waals surface area contributed by atoms with Gasteiger partial charge < -0.3 is 0 Å². The lowest BCUT2D eigenvalue weighted by atomic mass is 10.1. The zero-order valence-electron chi connectivity index (χ0n) is 12.7. The maximum Gasteiger partial charge on any atom is 0.301 e. The summed E-state index contributed by atoms with van der Waals surface area (Å²) in [6.07, 6.45) is 5.29. The average Bonchev–Trinajstić information content (AvgIpc) is 2.49. The fourth-order valence-electron chi connectivity index (χ4n) is 1.90. The molecule has 0 aliphatic rings. The first-order valence-corrected chi connectivity index (χ1v) is 7.17. The fraction of sp³-hybridized carbons (Fsp3) is 0.500. The van der Waals surface area contributed by atoms with Gasteiger partial charge in [0.15, 0.2) is 0 Å². The minimum Gasteiger partial charge on any atom is -0.272 e. The maximum atomic E-state index is 11.0. The summed E-state index contributed by atoms with van der Waals surface area (Å²) in [6, 6.07) is 3.43. The Bertz CT molecular complexity index is 572. The van der Waals surface area contributed by atoms with Crippen molar-refractivity contribution < 1.29 is 9.85 Å². The Hall–Kier alpha value is -2.51. The van der Waals surface area contributed by atoms with Gasteiger partial charge in [-0.15, -0.1) is 0 Å². The first-order chi connectivity index (χ1) is 10.5. The second-order valence-electron chi connectivity index (χ2n) is 4.99. The van der Waals surface area contributed by atoms with Gasteiger partial charge in [0.05, 0.1) is 15.9 Å². The molecule has 0 unspecified atom stereocenters. The van der Waals surface area contributed by atoms with Crippen LogP contribution in [0, 0.1) is 20.2 Å². The van der Waals surface area contributed by atoms with E-state index < -0.39 is 9.85 Å². The van der Waals surface area contributed by atoms with E-state index in [0.717, 1.165) is 37.5 Å². The van der Waals surface area contributed by atoms with Gasteiger partial charge in [-0.2, -0.15) is 5.10 Å². The molecule has 0 atom stereocenters. The van der Waals surface area contributed by atoms with Gasteiger partial charge in [-0.1, -0.05) is 26.2 Å². The fourth-order valence-corrected chi connectivity index (χ4v) is 1.90. The predicted octanol–water partition coefficient (Wildman–Crippen LogP) is 4.26. The van der Waals surface area contributed by atoms with Crippen molar-refractivity contribution in [3.63, 3.8) is 0 Å². The van der Waals surface area contributed by atoms with Crippen LogP contribution in [0.3, 0.4) is 0 Å². The molecule has 0 amide bonds. The number of hydrogen-bond donors (Lipinski definition) is 1. The monoisotopic (exact) mass is 308 g/mol. The number of benzene rings is 1. The number of nitro groups is 2. The molecule has 0 fully saturated rings. The molecule has 22 heavy (non-hydrogen) atoms. The summed E-state index contributed by atoms with van der Waals surface area (Å²) in [6.45, 7) is 3.98. The van der Waals surface area contributed by atoms with E-state index in [1.807, 2.05) is 6.92 Å². The van der Waals surface area contributed by atoms with Crippen molar-refractivity contribution in [2.75, 3.05) is 5.43 Å². The molecular weight excluding hydrogens is 288 g/mol. The smallest absolute Gasteiger partial charge is 0.272 e. The lowest BCUT2D eigenvalue weighted by Gasteiger charge is -2.04. The Kier molecular flexibility index (Phi) is 6.94. The Morgan fingerprint density at radius 3 is 2.50 bits per heavy atom. The molecule has 0 saturated heterocycles. The Labute approximate surface area is 128 Å². The average molecular weight is 308 g/mol. The number of rotatable bonds is 9. The summed E-state index contributed by atoms with van der Waals surface area (Å²) in [5, 5.41) is 25.7. The van der Waals surface area contributed by atoms with Gasteiger partial charge in [-0.25, -0.2) is 0 Å². The van der Waals surface area contributed by atoms with Crippen LogP contribution >= 0.6 is 0 Å². The van der Waals surface area contributed by atoms with E-state index in [-0.39, 0.29) is 17.1 Å². The molecule has 120 valence electrons. The van der Waals surface area contributed by atoms with Gasteiger partial charge in [0.2, 0.25) is 0 Å². The van der Waals surface area contributed by atoms with E-state index in [1.165, 1.54) is 18.6 Å². The summed E-state index contributed by atoms with van der Waals surface area (Å²) < 4.78 is 0. The first-order valence-electron chi connectivity index (χ1n) is 7.17. The van der Waals surface area contributed by atoms with E-state index in [1.54, 1.807) is 0 Å². The van der Waals surface area contributed by atoms with Crippen LogP contribution in [-0.2, 0) is 0 Å². The van der Waals surface area contributed by atoms with E-state index in [9.17, 15) is 20.2 Å². The van der Waals surface area contributed by atoms with Crippen molar-refractivity contribution in [3.05, 3.63) is 38.4 Å². The van der Waals surface area contributed by atoms with Crippen LogP contribution in [0.15, 0.2) is 23.3 Å². The number of hydrogen-bond acceptors (Lipinski definition) is 6. The largest absolute Gasteiger partial charge is 0.301 e. The molecule has 0 spiro atoms. The number of nitrogens with one attached hydrogen (secondary N) is 1. The van der Waals surface area contributed by atoms with Crippen LogP contribution in [0.5, 0.6) is 0 Å². The second-order valence-corrected chi connectivity index (χ2v) is 4.99. The number of unbranched alkanes of at least 4 members (excludes halogenated alkanes) is 3. The van der Waals surface area contributed by atoms with Gasteiger partial charge in [-0.3, -0.25) is 25.7 Å². The summed E-state index contributed by atoms with van der Waals surface area (Å²) in [7, 11) is 0. The van der Waals surface area contributed by atoms with Gasteiger partial charge in [-0.05, 0) is 25.8 Å². The Morgan fingerprint density at radius 1 is 1.18 bits per heavy atom. The number of hydrazone groups is 1. The van der Waals surface area contributed by atoms with E-state index in [4.69, 9.17) is 0 Å². The van der Waals surface area contributed by atoms with Crippen LogP contribution in [-0.4, -0.2) is 15.6 Å².